The molecule has 182 valence electrons. The lowest BCUT2D eigenvalue weighted by Gasteiger charge is -2.13. The summed E-state index contributed by atoms with van der Waals surface area (Å²) >= 11 is 0. The van der Waals surface area contributed by atoms with E-state index >= 15 is 0 Å². The van der Waals surface area contributed by atoms with Crippen molar-refractivity contribution in [1.29, 1.82) is 0 Å². The summed E-state index contributed by atoms with van der Waals surface area (Å²) in [6, 6.07) is 11.2. The summed E-state index contributed by atoms with van der Waals surface area (Å²) in [4.78, 5) is 25.2. The molecule has 2 aromatic rings. The first kappa shape index (κ1) is 25.1. The highest BCUT2D eigenvalue weighted by molar-refractivity contribution is 6.05. The second-order valence-corrected chi connectivity index (χ2v) is 8.23. The second-order valence-electron chi connectivity index (χ2n) is 8.23. The molecule has 10 heteroatoms. The van der Waals surface area contributed by atoms with Gasteiger partial charge in [-0.2, -0.15) is 0 Å². The lowest BCUT2D eigenvalue weighted by atomic mass is 10.1. The van der Waals surface area contributed by atoms with Gasteiger partial charge in [-0.15, -0.1) is 13.2 Å². The Morgan fingerprint density at radius 1 is 1.06 bits per heavy atom. The van der Waals surface area contributed by atoms with Crippen molar-refractivity contribution < 1.29 is 37.3 Å². The van der Waals surface area contributed by atoms with Gasteiger partial charge in [0.25, 0.3) is 11.8 Å². The minimum atomic E-state index is -4.82. The van der Waals surface area contributed by atoms with Crippen molar-refractivity contribution in [2.45, 2.75) is 26.1 Å². The third-order valence-corrected chi connectivity index (χ3v) is 5.12. The summed E-state index contributed by atoms with van der Waals surface area (Å²) in [6.45, 7) is 2.39. The van der Waals surface area contributed by atoms with E-state index in [9.17, 15) is 22.8 Å². The molecular formula is C24H25F3N2O5. The first-order valence-electron chi connectivity index (χ1n) is 10.6. The molecule has 1 aliphatic carbocycles. The summed E-state index contributed by atoms with van der Waals surface area (Å²) in [5.41, 5.74) is 0.695. The van der Waals surface area contributed by atoms with E-state index in [0.29, 0.717) is 17.9 Å². The molecule has 0 bridgehead atoms. The SMILES string of the molecule is CC1(COc2ccc(C(=O)NC(=Cc3ccc(OC(F)(F)F)cc3)C(=O)NCCO)cc2)CC1. The Kier molecular flexibility index (Phi) is 7.83. The summed E-state index contributed by atoms with van der Waals surface area (Å²) < 4.78 is 46.6. The number of amides is 2. The zero-order valence-electron chi connectivity index (χ0n) is 18.4. The number of halogens is 3. The standard InChI is InChI=1S/C24H25F3N2O5/c1-23(10-11-23)15-33-18-8-4-17(5-9-18)21(31)29-20(22(32)28-12-13-30)14-16-2-6-19(7-3-16)34-24(25,26)27/h2-9,14,30H,10-13,15H2,1H3,(H,28,32)(H,29,31). The van der Waals surface area contributed by atoms with Gasteiger partial charge in [-0.05, 0) is 60.9 Å². The Hall–Kier alpha value is -3.53. The van der Waals surface area contributed by atoms with E-state index in [2.05, 4.69) is 22.3 Å². The Morgan fingerprint density at radius 3 is 2.24 bits per heavy atom. The highest BCUT2D eigenvalue weighted by Gasteiger charge is 2.38. The van der Waals surface area contributed by atoms with Crippen molar-refractivity contribution in [1.82, 2.24) is 10.6 Å². The maximum atomic E-state index is 12.7. The first-order valence-corrected chi connectivity index (χ1v) is 10.6. The van der Waals surface area contributed by atoms with Crippen molar-refractivity contribution in [3.8, 4) is 11.5 Å². The molecule has 0 saturated heterocycles. The number of ether oxygens (including phenoxy) is 2. The number of rotatable bonds is 10. The van der Waals surface area contributed by atoms with Gasteiger partial charge in [0.2, 0.25) is 0 Å². The largest absolute Gasteiger partial charge is 0.573 e. The van der Waals surface area contributed by atoms with Gasteiger partial charge in [0.15, 0.2) is 0 Å². The fourth-order valence-electron chi connectivity index (χ4n) is 2.87. The molecule has 0 unspecified atom stereocenters. The van der Waals surface area contributed by atoms with Gasteiger partial charge in [0.1, 0.15) is 17.2 Å². The molecule has 3 rings (SSSR count). The quantitative estimate of drug-likeness (QED) is 0.453. The van der Waals surface area contributed by atoms with Crippen LogP contribution in [0.4, 0.5) is 13.2 Å². The van der Waals surface area contributed by atoms with Crippen LogP contribution in [0.2, 0.25) is 0 Å². The molecule has 0 aromatic heterocycles. The van der Waals surface area contributed by atoms with Crippen molar-refractivity contribution in [2.75, 3.05) is 19.8 Å². The number of aliphatic hydroxyl groups is 1. The van der Waals surface area contributed by atoms with E-state index in [-0.39, 0.29) is 29.8 Å². The Bertz CT molecular complexity index is 1030. The second kappa shape index (κ2) is 10.6. The predicted octanol–water partition coefficient (Wildman–Crippen LogP) is 3.64. The number of carbonyl (C=O) groups is 2. The first-order chi connectivity index (χ1) is 16.1. The molecular weight excluding hydrogens is 453 g/mol. The van der Waals surface area contributed by atoms with E-state index < -0.39 is 23.9 Å². The average Bonchev–Trinajstić information content (AvgIpc) is 3.53. The highest BCUT2D eigenvalue weighted by atomic mass is 19.4. The minimum Gasteiger partial charge on any atom is -0.493 e. The molecule has 2 amide bonds. The van der Waals surface area contributed by atoms with E-state index in [0.717, 1.165) is 25.0 Å². The van der Waals surface area contributed by atoms with Gasteiger partial charge in [-0.3, -0.25) is 9.59 Å². The number of alkyl halides is 3. The smallest absolute Gasteiger partial charge is 0.493 e. The molecule has 7 nitrogen and oxygen atoms in total. The van der Waals surface area contributed by atoms with Gasteiger partial charge in [0, 0.05) is 17.5 Å². The number of hydrogen-bond donors (Lipinski definition) is 3. The molecule has 0 spiro atoms. The molecule has 0 aliphatic heterocycles. The van der Waals surface area contributed by atoms with Gasteiger partial charge in [-0.25, -0.2) is 0 Å². The lowest BCUT2D eigenvalue weighted by molar-refractivity contribution is -0.274. The minimum absolute atomic E-state index is 0.0463. The maximum absolute atomic E-state index is 12.7. The summed E-state index contributed by atoms with van der Waals surface area (Å²) in [5.74, 6) is -1.03. The van der Waals surface area contributed by atoms with Crippen LogP contribution in [-0.4, -0.2) is 43.0 Å². The van der Waals surface area contributed by atoms with Gasteiger partial charge >= 0.3 is 6.36 Å². The summed E-state index contributed by atoms with van der Waals surface area (Å²) in [6.07, 6.45) is -1.27. The molecule has 1 aliphatic rings. The highest BCUT2D eigenvalue weighted by Crippen LogP contribution is 2.45. The number of carbonyl (C=O) groups excluding carboxylic acids is 2. The van der Waals surface area contributed by atoms with E-state index in [1.807, 2.05) is 0 Å². The van der Waals surface area contributed by atoms with Crippen LogP contribution < -0.4 is 20.1 Å². The van der Waals surface area contributed by atoms with Crippen molar-refractivity contribution in [2.24, 2.45) is 5.41 Å². The third-order valence-electron chi connectivity index (χ3n) is 5.12. The van der Waals surface area contributed by atoms with Gasteiger partial charge in [0.05, 0.1) is 13.2 Å². The van der Waals surface area contributed by atoms with E-state index in [1.165, 1.54) is 18.2 Å². The molecule has 34 heavy (non-hydrogen) atoms. The number of benzene rings is 2. The van der Waals surface area contributed by atoms with Crippen LogP contribution in [0.3, 0.4) is 0 Å². The Balaban J connectivity index is 1.71. The molecule has 0 atom stereocenters. The van der Waals surface area contributed by atoms with Crippen molar-refractivity contribution in [3.05, 3.63) is 65.4 Å². The van der Waals surface area contributed by atoms with E-state index in [4.69, 9.17) is 9.84 Å². The average molecular weight is 478 g/mol. The Morgan fingerprint density at radius 2 is 1.68 bits per heavy atom. The van der Waals surface area contributed by atoms with Gasteiger partial charge in [-0.1, -0.05) is 19.1 Å². The number of hydrogen-bond acceptors (Lipinski definition) is 5. The van der Waals surface area contributed by atoms with Crippen LogP contribution in [0.1, 0.15) is 35.7 Å². The van der Waals surface area contributed by atoms with Crippen LogP contribution in [0, 0.1) is 5.41 Å². The van der Waals surface area contributed by atoms with Crippen molar-refractivity contribution in [3.63, 3.8) is 0 Å². The molecule has 0 heterocycles. The number of aliphatic hydroxyl groups excluding tert-OH is 1. The van der Waals surface area contributed by atoms with Gasteiger partial charge < -0.3 is 25.2 Å². The fraction of sp³-hybridized carbons (Fsp3) is 0.333. The van der Waals surface area contributed by atoms with Crippen molar-refractivity contribution >= 4 is 17.9 Å². The molecule has 1 saturated carbocycles. The zero-order valence-corrected chi connectivity index (χ0v) is 18.4. The van der Waals surface area contributed by atoms with E-state index in [1.54, 1.807) is 24.3 Å². The lowest BCUT2D eigenvalue weighted by Crippen LogP contribution is -2.36. The van der Waals surface area contributed by atoms with Crippen LogP contribution in [0.25, 0.3) is 6.08 Å². The summed E-state index contributed by atoms with van der Waals surface area (Å²) in [7, 11) is 0. The molecule has 0 radical (unpaired) electrons. The predicted molar refractivity (Wildman–Crippen MR) is 118 cm³/mol. The topological polar surface area (TPSA) is 96.9 Å². The molecule has 3 N–H and O–H groups in total. The normalized spacial score (nSPS) is 14.8. The van der Waals surface area contributed by atoms with Crippen LogP contribution >= 0.6 is 0 Å². The fourth-order valence-corrected chi connectivity index (χ4v) is 2.87. The molecule has 2 aromatic carbocycles. The van der Waals surface area contributed by atoms with Crippen LogP contribution in [-0.2, 0) is 4.79 Å². The summed E-state index contributed by atoms with van der Waals surface area (Å²) in [5, 5.41) is 13.9. The zero-order chi connectivity index (χ0) is 24.8. The van der Waals surface area contributed by atoms with Crippen LogP contribution in [0.15, 0.2) is 54.2 Å². The monoisotopic (exact) mass is 478 g/mol. The number of nitrogens with one attached hydrogen (secondary N) is 2. The van der Waals surface area contributed by atoms with Crippen LogP contribution in [0.5, 0.6) is 11.5 Å². The maximum Gasteiger partial charge on any atom is 0.573 e. The third kappa shape index (κ3) is 7.80. The Labute approximate surface area is 194 Å². The molecule has 1 fully saturated rings.